The van der Waals surface area contributed by atoms with Gasteiger partial charge in [0.25, 0.3) is 0 Å². The van der Waals surface area contributed by atoms with Crippen LogP contribution in [-0.2, 0) is 11.2 Å². The number of hydrogen-bond acceptors (Lipinski definition) is 7. The molecule has 0 aromatic heterocycles. The standard InChI is InChI=1S/C34H47NO4S2/c1-18(36)26-17-41-40-16-24-21(10-19-6-5-7-22(11-19)35-26)14-33-13-20(8-9-25(24)33)23-15-31(2)32(33,3)29(23)30-27(37)12-28(39-4)34(30,31)38/h5-7,11-12,18,20-21,23-26,28-30,35-38H,8-10,13-17H2,1-4H3/t18-,20-,21+,23+,24+,25+,26-,28+,29-,30-,31-,32-,33+,34+/m0/s1. The second-order valence-corrected chi connectivity index (χ2v) is 17.9. The predicted octanol–water partition coefficient (Wildman–Crippen LogP) is 6.32. The van der Waals surface area contributed by atoms with E-state index in [1.807, 2.05) is 34.6 Å². The number of aliphatic hydroxyl groups excluding tert-OH is 2. The summed E-state index contributed by atoms with van der Waals surface area (Å²) in [5.41, 5.74) is 1.32. The maximum absolute atomic E-state index is 12.7. The monoisotopic (exact) mass is 597 g/mol. The fourth-order valence-corrected chi connectivity index (χ4v) is 15.8. The third-order valence-electron chi connectivity index (χ3n) is 14.5. The summed E-state index contributed by atoms with van der Waals surface area (Å²) < 4.78 is 5.94. The van der Waals surface area contributed by atoms with E-state index < -0.39 is 17.8 Å². The highest BCUT2D eigenvalue weighted by molar-refractivity contribution is 8.76. The topological polar surface area (TPSA) is 82.0 Å². The molecule has 1 aromatic rings. The molecule has 41 heavy (non-hydrogen) atoms. The van der Waals surface area contributed by atoms with Gasteiger partial charge in [0.15, 0.2) is 0 Å². The molecule has 1 aromatic carbocycles. The zero-order valence-electron chi connectivity index (χ0n) is 24.9. The normalized spacial score (nSPS) is 53.7. The number of aliphatic hydroxyl groups is 3. The Kier molecular flexibility index (Phi) is 6.14. The molecule has 7 heteroatoms. The molecule has 5 saturated carbocycles. The van der Waals surface area contributed by atoms with Gasteiger partial charge >= 0.3 is 0 Å². The van der Waals surface area contributed by atoms with Gasteiger partial charge in [0.05, 0.1) is 23.8 Å². The van der Waals surface area contributed by atoms with Gasteiger partial charge in [-0.05, 0) is 116 Å². The van der Waals surface area contributed by atoms with Crippen LogP contribution in [0.5, 0.6) is 0 Å². The van der Waals surface area contributed by atoms with E-state index in [1.54, 1.807) is 7.11 Å². The Bertz CT molecular complexity index is 1270. The van der Waals surface area contributed by atoms with Gasteiger partial charge in [-0.3, -0.25) is 0 Å². The Balaban J connectivity index is 1.22. The summed E-state index contributed by atoms with van der Waals surface area (Å²) in [5, 5.41) is 38.2. The molecule has 1 heterocycles. The van der Waals surface area contributed by atoms with Gasteiger partial charge in [-0.2, -0.15) is 0 Å². The smallest absolute Gasteiger partial charge is 0.110 e. The Morgan fingerprint density at radius 1 is 1.05 bits per heavy atom. The zero-order chi connectivity index (χ0) is 28.5. The van der Waals surface area contributed by atoms with Gasteiger partial charge in [0.2, 0.25) is 0 Å². The number of fused-ring (bicyclic) bond motifs is 8. The molecule has 0 amide bonds. The lowest BCUT2D eigenvalue weighted by Gasteiger charge is -2.63. The van der Waals surface area contributed by atoms with Crippen molar-refractivity contribution in [3.63, 3.8) is 0 Å². The average molecular weight is 598 g/mol. The number of nitrogens with one attached hydrogen (secondary N) is 1. The Morgan fingerprint density at radius 2 is 1.83 bits per heavy atom. The minimum atomic E-state index is -1.04. The Hall–Kier alpha value is -0.860. The molecule has 5 fully saturated rings. The summed E-state index contributed by atoms with van der Waals surface area (Å²) in [6, 6.07) is 8.97. The predicted molar refractivity (Wildman–Crippen MR) is 167 cm³/mol. The van der Waals surface area contributed by atoms with Gasteiger partial charge in [-0.1, -0.05) is 47.6 Å². The van der Waals surface area contributed by atoms with E-state index in [9.17, 15) is 15.3 Å². The van der Waals surface area contributed by atoms with Gasteiger partial charge in [-0.15, -0.1) is 0 Å². The highest BCUT2D eigenvalue weighted by Crippen LogP contribution is 2.89. The molecule has 224 valence electrons. The molecular formula is C34H47NO4S2. The summed E-state index contributed by atoms with van der Waals surface area (Å²) in [5.74, 6) is 5.73. The van der Waals surface area contributed by atoms with Crippen LogP contribution in [0.1, 0.15) is 58.4 Å². The SMILES string of the molecule is CO[C@@H]1C=C(O)[C@H]2[C@@H]3[C@@H]4C[C@](C)([C@@]12O)[C@@]3(C)[C@@]12C[C@@H]4CC[C@@H]1[C@@H]1CSSC[C@@H]([C@H](C)O)Nc3cccc(c3)C[C@@H]1C2. The molecule has 1 spiro atoms. The average Bonchev–Trinajstić information content (AvgIpc) is 3.52. The van der Waals surface area contributed by atoms with Crippen LogP contribution >= 0.6 is 21.6 Å². The van der Waals surface area contributed by atoms with Crippen LogP contribution in [0.4, 0.5) is 5.69 Å². The first-order valence-electron chi connectivity index (χ1n) is 16.0. The first-order chi connectivity index (χ1) is 19.6. The van der Waals surface area contributed by atoms with Crippen LogP contribution in [0.25, 0.3) is 0 Å². The lowest BCUT2D eigenvalue weighted by Crippen LogP contribution is -2.60. The van der Waals surface area contributed by atoms with E-state index in [0.29, 0.717) is 41.3 Å². The lowest BCUT2D eigenvalue weighted by atomic mass is 9.41. The summed E-state index contributed by atoms with van der Waals surface area (Å²) in [7, 11) is 5.64. The number of hydrogen-bond donors (Lipinski definition) is 4. The molecule has 5 nitrogen and oxygen atoms in total. The second kappa shape index (κ2) is 9.09. The number of benzene rings is 1. The van der Waals surface area contributed by atoms with E-state index in [4.69, 9.17) is 4.74 Å². The molecule has 8 rings (SSSR count). The minimum Gasteiger partial charge on any atom is -0.512 e. The third kappa shape index (κ3) is 3.24. The van der Waals surface area contributed by atoms with E-state index in [0.717, 1.165) is 30.0 Å². The van der Waals surface area contributed by atoms with Crippen LogP contribution < -0.4 is 5.32 Å². The maximum atomic E-state index is 12.7. The number of ether oxygens (including phenoxy) is 1. The first kappa shape index (κ1) is 27.7. The molecule has 6 aliphatic carbocycles. The molecule has 14 atom stereocenters. The summed E-state index contributed by atoms with van der Waals surface area (Å²) in [6.07, 6.45) is 8.29. The summed E-state index contributed by atoms with van der Waals surface area (Å²) in [4.78, 5) is 0. The zero-order valence-corrected chi connectivity index (χ0v) is 26.5. The molecular weight excluding hydrogens is 551 g/mol. The molecule has 0 unspecified atom stereocenters. The lowest BCUT2D eigenvalue weighted by molar-refractivity contribution is -0.188. The highest BCUT2D eigenvalue weighted by atomic mass is 33.1. The summed E-state index contributed by atoms with van der Waals surface area (Å²) in [6.45, 7) is 6.85. The molecule has 8 bridgehead atoms. The van der Waals surface area contributed by atoms with E-state index in [1.165, 1.54) is 31.2 Å². The fourth-order valence-electron chi connectivity index (χ4n) is 13.0. The Morgan fingerprint density at radius 3 is 2.61 bits per heavy atom. The number of rotatable bonds is 2. The van der Waals surface area contributed by atoms with E-state index in [2.05, 4.69) is 43.4 Å². The van der Waals surface area contributed by atoms with Crippen LogP contribution in [0.15, 0.2) is 36.1 Å². The third-order valence-corrected chi connectivity index (χ3v) is 17.0. The number of anilines is 1. The highest BCUT2D eigenvalue weighted by Gasteiger charge is 2.88. The first-order valence-corrected chi connectivity index (χ1v) is 18.5. The fraction of sp³-hybridized carbons (Fsp3) is 0.765. The van der Waals surface area contributed by atoms with Crippen molar-refractivity contribution in [2.45, 2.75) is 83.1 Å². The largest absolute Gasteiger partial charge is 0.512 e. The number of methoxy groups -OCH3 is 1. The van der Waals surface area contributed by atoms with Crippen molar-refractivity contribution in [3.05, 3.63) is 41.7 Å². The van der Waals surface area contributed by atoms with Crippen molar-refractivity contribution in [2.75, 3.05) is 23.9 Å². The quantitative estimate of drug-likeness (QED) is 0.297. The summed E-state index contributed by atoms with van der Waals surface area (Å²) >= 11 is 0. The molecule has 7 aliphatic rings. The van der Waals surface area contributed by atoms with Crippen LogP contribution in [0.3, 0.4) is 0 Å². The van der Waals surface area contributed by atoms with E-state index >= 15 is 0 Å². The van der Waals surface area contributed by atoms with Gasteiger partial charge in [0, 0.05) is 29.7 Å². The van der Waals surface area contributed by atoms with Crippen LogP contribution in [0, 0.1) is 57.7 Å². The van der Waals surface area contributed by atoms with Crippen LogP contribution in [0.2, 0.25) is 0 Å². The van der Waals surface area contributed by atoms with Crippen molar-refractivity contribution in [2.24, 2.45) is 57.7 Å². The van der Waals surface area contributed by atoms with Gasteiger partial charge in [-0.25, -0.2) is 0 Å². The van der Waals surface area contributed by atoms with Crippen molar-refractivity contribution in [1.82, 2.24) is 0 Å². The van der Waals surface area contributed by atoms with Gasteiger partial charge in [0.1, 0.15) is 11.7 Å². The Labute approximate surface area is 253 Å². The van der Waals surface area contributed by atoms with Crippen LogP contribution in [-0.4, -0.2) is 57.8 Å². The van der Waals surface area contributed by atoms with E-state index in [-0.39, 0.29) is 28.2 Å². The molecule has 4 N–H and O–H groups in total. The van der Waals surface area contributed by atoms with Crippen molar-refractivity contribution >= 4 is 27.3 Å². The maximum Gasteiger partial charge on any atom is 0.110 e. The molecule has 1 aliphatic heterocycles. The van der Waals surface area contributed by atoms with Crippen molar-refractivity contribution in [1.29, 1.82) is 0 Å². The molecule has 0 saturated heterocycles. The van der Waals surface area contributed by atoms with Crippen molar-refractivity contribution < 1.29 is 20.1 Å². The van der Waals surface area contributed by atoms with Crippen molar-refractivity contribution in [3.8, 4) is 0 Å². The molecule has 0 radical (unpaired) electrons. The second-order valence-electron chi connectivity index (χ2n) is 15.4. The van der Waals surface area contributed by atoms with Gasteiger partial charge < -0.3 is 25.4 Å². The minimum absolute atomic E-state index is 0.0289.